The van der Waals surface area contributed by atoms with E-state index in [9.17, 15) is 19.5 Å². The molecule has 0 radical (unpaired) electrons. The summed E-state index contributed by atoms with van der Waals surface area (Å²) in [6, 6.07) is 0. The van der Waals surface area contributed by atoms with Crippen LogP contribution in [0.4, 0.5) is 0 Å². The number of hydrogen-bond donors (Lipinski definition) is 4. The Morgan fingerprint density at radius 3 is 1.88 bits per heavy atom. The van der Waals surface area contributed by atoms with Crippen LogP contribution in [0.1, 0.15) is 94.7 Å². The number of β-amino-alcohol motifs (C(OH)–C–C–N with tert-alkyl or cyclic N) is 1. The third-order valence-corrected chi connectivity index (χ3v) is 5.96. The molecule has 1 atom stereocenters. The van der Waals surface area contributed by atoms with Crippen molar-refractivity contribution < 1.29 is 24.2 Å². The van der Waals surface area contributed by atoms with E-state index in [-0.39, 0.29) is 41.4 Å². The first-order valence-corrected chi connectivity index (χ1v) is 14.6. The van der Waals surface area contributed by atoms with Crippen LogP contribution >= 0.6 is 0 Å². The molecule has 3 heterocycles. The van der Waals surface area contributed by atoms with E-state index in [1.165, 1.54) is 0 Å². The van der Waals surface area contributed by atoms with Gasteiger partial charge in [-0.3, -0.25) is 19.7 Å². The standard InChI is InChI=1S/C10H17N3O.C10H20N2O2.C10H19NO2.CH4/c1-10(2,3)4-9(14)12-6-8-5-11-7-13-8;1-10(2,3)6-9(14)12-5-4-11-8(13)7-12;1-10(2,3)8-9(12)11-4-6-13-7-5-11;/h5,7H,4,6H2,1-3H3,(H,11,13)(H,12,14);8,11,13H,4-7H2,1-3H3;4-8H2,1-3H3;1H4. The van der Waals surface area contributed by atoms with Gasteiger partial charge in [0.1, 0.15) is 6.23 Å². The summed E-state index contributed by atoms with van der Waals surface area (Å²) in [4.78, 5) is 45.3. The molecule has 2 aliphatic heterocycles. The van der Waals surface area contributed by atoms with Crippen LogP contribution in [0.2, 0.25) is 0 Å². The zero-order valence-electron chi connectivity index (χ0n) is 26.9. The average Bonchev–Trinajstić information content (AvgIpc) is 3.35. The Hall–Kier alpha value is -2.50. The van der Waals surface area contributed by atoms with Crippen molar-refractivity contribution in [1.29, 1.82) is 0 Å². The largest absolute Gasteiger partial charge is 0.378 e. The Labute approximate surface area is 254 Å². The lowest BCUT2D eigenvalue weighted by molar-refractivity contribution is -0.137. The number of piperazine rings is 1. The number of rotatable bonds is 5. The maximum absolute atomic E-state index is 11.7. The van der Waals surface area contributed by atoms with Crippen molar-refractivity contribution >= 4 is 17.7 Å². The molecular formula is C31H60N6O5. The van der Waals surface area contributed by atoms with E-state index in [1.54, 1.807) is 17.4 Å². The van der Waals surface area contributed by atoms with Gasteiger partial charge in [0.05, 0.1) is 38.3 Å². The number of aromatic amines is 1. The molecule has 0 saturated carbocycles. The third kappa shape index (κ3) is 19.6. The van der Waals surface area contributed by atoms with Crippen molar-refractivity contribution in [3.05, 3.63) is 18.2 Å². The zero-order valence-corrected chi connectivity index (χ0v) is 26.9. The molecule has 0 aliphatic carbocycles. The number of amides is 3. The molecule has 3 rings (SSSR count). The van der Waals surface area contributed by atoms with Crippen molar-refractivity contribution in [2.75, 3.05) is 45.9 Å². The number of H-pyrrole nitrogens is 1. The van der Waals surface area contributed by atoms with Gasteiger partial charge in [-0.2, -0.15) is 0 Å². The van der Waals surface area contributed by atoms with Crippen LogP contribution in [0.3, 0.4) is 0 Å². The molecular weight excluding hydrogens is 536 g/mol. The van der Waals surface area contributed by atoms with Crippen LogP contribution in [0.5, 0.6) is 0 Å². The second-order valence-electron chi connectivity index (χ2n) is 14.4. The summed E-state index contributed by atoms with van der Waals surface area (Å²) in [5.74, 6) is 0.473. The van der Waals surface area contributed by atoms with Crippen molar-refractivity contribution in [3.8, 4) is 0 Å². The molecule has 11 heteroatoms. The molecule has 1 aromatic heterocycles. The molecule has 2 aliphatic rings. The molecule has 11 nitrogen and oxygen atoms in total. The van der Waals surface area contributed by atoms with Gasteiger partial charge in [-0.05, 0) is 16.2 Å². The van der Waals surface area contributed by atoms with Crippen molar-refractivity contribution in [1.82, 2.24) is 30.4 Å². The van der Waals surface area contributed by atoms with Crippen LogP contribution in [0.15, 0.2) is 12.5 Å². The minimum Gasteiger partial charge on any atom is -0.378 e. The Morgan fingerprint density at radius 2 is 1.43 bits per heavy atom. The van der Waals surface area contributed by atoms with Gasteiger partial charge in [0, 0.05) is 51.6 Å². The maximum Gasteiger partial charge on any atom is 0.223 e. The van der Waals surface area contributed by atoms with Gasteiger partial charge in [-0.15, -0.1) is 0 Å². The summed E-state index contributed by atoms with van der Waals surface area (Å²) in [5.41, 5.74) is 1.08. The number of aliphatic hydroxyl groups is 1. The predicted octanol–water partition coefficient (Wildman–Crippen LogP) is 3.55. The number of morpholine rings is 1. The minimum absolute atomic E-state index is 0. The number of carbonyl (C=O) groups is 3. The number of nitrogens with one attached hydrogen (secondary N) is 3. The number of carbonyl (C=O) groups excluding carboxylic acids is 3. The van der Waals surface area contributed by atoms with E-state index < -0.39 is 6.23 Å². The first-order valence-electron chi connectivity index (χ1n) is 14.6. The highest BCUT2D eigenvalue weighted by Crippen LogP contribution is 2.21. The molecule has 2 fully saturated rings. The summed E-state index contributed by atoms with van der Waals surface area (Å²) in [6.07, 6.45) is 4.46. The molecule has 1 unspecified atom stereocenters. The fourth-order valence-corrected chi connectivity index (χ4v) is 4.02. The van der Waals surface area contributed by atoms with Gasteiger partial charge in [-0.25, -0.2) is 4.98 Å². The van der Waals surface area contributed by atoms with Crippen molar-refractivity contribution in [2.24, 2.45) is 16.2 Å². The van der Waals surface area contributed by atoms with E-state index in [1.807, 2.05) is 46.4 Å². The first kappa shape index (κ1) is 39.5. The fourth-order valence-electron chi connectivity index (χ4n) is 4.02. The second-order valence-corrected chi connectivity index (χ2v) is 14.4. The number of aliphatic hydroxyl groups excluding tert-OH is 1. The Morgan fingerprint density at radius 1 is 0.905 bits per heavy atom. The number of hydrogen-bond acceptors (Lipinski definition) is 7. The van der Waals surface area contributed by atoms with Gasteiger partial charge in [-0.1, -0.05) is 69.7 Å². The summed E-state index contributed by atoms with van der Waals surface area (Å²) in [7, 11) is 0. The van der Waals surface area contributed by atoms with Crippen LogP contribution < -0.4 is 10.6 Å². The Balaban J connectivity index is 0.000000594. The second kappa shape index (κ2) is 18.2. The number of imidazole rings is 1. The van der Waals surface area contributed by atoms with E-state index in [4.69, 9.17) is 4.74 Å². The highest BCUT2D eigenvalue weighted by molar-refractivity contribution is 5.77. The quantitative estimate of drug-likeness (QED) is 0.408. The number of nitrogens with zero attached hydrogens (tertiary/aromatic N) is 3. The number of ether oxygens (including phenoxy) is 1. The summed E-state index contributed by atoms with van der Waals surface area (Å²) in [5, 5.41) is 15.0. The fraction of sp³-hybridized carbons (Fsp3) is 0.806. The lowest BCUT2D eigenvalue weighted by Gasteiger charge is -2.32. The van der Waals surface area contributed by atoms with E-state index >= 15 is 0 Å². The van der Waals surface area contributed by atoms with Gasteiger partial charge < -0.3 is 29.9 Å². The normalized spacial score (nSPS) is 17.5. The molecule has 4 N–H and O–H groups in total. The molecule has 3 amide bonds. The van der Waals surface area contributed by atoms with E-state index in [0.717, 1.165) is 18.8 Å². The highest BCUT2D eigenvalue weighted by Gasteiger charge is 2.25. The topological polar surface area (TPSA) is 140 Å². The van der Waals surface area contributed by atoms with Gasteiger partial charge in [0.2, 0.25) is 17.7 Å². The van der Waals surface area contributed by atoms with Crippen molar-refractivity contribution in [3.63, 3.8) is 0 Å². The summed E-state index contributed by atoms with van der Waals surface area (Å²) in [6.45, 7) is 23.7. The monoisotopic (exact) mass is 596 g/mol. The van der Waals surface area contributed by atoms with E-state index in [0.29, 0.717) is 58.7 Å². The third-order valence-electron chi connectivity index (χ3n) is 5.96. The smallest absolute Gasteiger partial charge is 0.223 e. The van der Waals surface area contributed by atoms with Crippen LogP contribution in [-0.2, 0) is 25.7 Å². The highest BCUT2D eigenvalue weighted by atomic mass is 16.5. The first-order chi connectivity index (χ1) is 18.8. The van der Waals surface area contributed by atoms with Crippen molar-refractivity contribution in [2.45, 2.75) is 102 Å². The Kier molecular flexibility index (Phi) is 17.1. The maximum atomic E-state index is 11.7. The van der Waals surface area contributed by atoms with Crippen LogP contribution in [-0.4, -0.2) is 94.8 Å². The van der Waals surface area contributed by atoms with Crippen LogP contribution in [0, 0.1) is 16.2 Å². The zero-order chi connectivity index (χ0) is 31.3. The molecule has 244 valence electrons. The number of aromatic nitrogens is 2. The molecule has 0 bridgehead atoms. The lowest BCUT2D eigenvalue weighted by atomic mass is 9.91. The predicted molar refractivity (Wildman–Crippen MR) is 167 cm³/mol. The molecule has 1 aromatic rings. The van der Waals surface area contributed by atoms with Crippen LogP contribution in [0.25, 0.3) is 0 Å². The van der Waals surface area contributed by atoms with Gasteiger partial charge >= 0.3 is 0 Å². The molecule has 2 saturated heterocycles. The average molecular weight is 597 g/mol. The SMILES string of the molecule is C.CC(C)(C)CC(=O)N1CCNC(O)C1.CC(C)(C)CC(=O)N1CCOCC1.CC(C)(C)CC(=O)NCc1cnc[nH]1. The summed E-state index contributed by atoms with van der Waals surface area (Å²) >= 11 is 0. The molecule has 0 aromatic carbocycles. The van der Waals surface area contributed by atoms with Gasteiger partial charge in [0.25, 0.3) is 0 Å². The molecule has 42 heavy (non-hydrogen) atoms. The minimum atomic E-state index is -0.562. The lowest BCUT2D eigenvalue weighted by Crippen LogP contribution is -2.52. The molecule has 0 spiro atoms. The Bertz CT molecular complexity index is 910. The van der Waals surface area contributed by atoms with Gasteiger partial charge in [0.15, 0.2) is 0 Å². The van der Waals surface area contributed by atoms with E-state index in [2.05, 4.69) is 41.4 Å². The summed E-state index contributed by atoms with van der Waals surface area (Å²) < 4.78 is 5.19.